The largest absolute Gasteiger partial charge is 0.389 e. The maximum atomic E-state index is 8.38. The molecule has 14 heavy (non-hydrogen) atoms. The summed E-state index contributed by atoms with van der Waals surface area (Å²) in [4.78, 5) is 4.06. The van der Waals surface area contributed by atoms with Gasteiger partial charge in [-0.3, -0.25) is 0 Å². The zero-order chi connectivity index (χ0) is 10.4. The van der Waals surface area contributed by atoms with E-state index in [4.69, 9.17) is 11.0 Å². The highest BCUT2D eigenvalue weighted by molar-refractivity contribution is 9.10. The van der Waals surface area contributed by atoms with E-state index in [-0.39, 0.29) is 5.70 Å². The molecule has 3 N–H and O–H groups in total. The Morgan fingerprint density at radius 1 is 1.79 bits per heavy atom. The number of aromatic nitrogens is 1. The minimum absolute atomic E-state index is 0.157. The molecule has 0 radical (unpaired) electrons. The summed E-state index contributed by atoms with van der Waals surface area (Å²) < 4.78 is 0.788. The summed E-state index contributed by atoms with van der Waals surface area (Å²) in [6.45, 7) is 0.580. The van der Waals surface area contributed by atoms with Gasteiger partial charge in [0.05, 0.1) is 0 Å². The fourth-order valence-corrected chi connectivity index (χ4v) is 1.24. The van der Waals surface area contributed by atoms with E-state index in [1.54, 1.807) is 6.20 Å². The van der Waals surface area contributed by atoms with Crippen LogP contribution < -0.4 is 11.1 Å². The van der Waals surface area contributed by atoms with Crippen LogP contribution in [0, 0.1) is 11.3 Å². The van der Waals surface area contributed by atoms with Crippen molar-refractivity contribution in [1.82, 2.24) is 10.3 Å². The summed E-state index contributed by atoms with van der Waals surface area (Å²) in [5.41, 5.74) is 6.45. The van der Waals surface area contributed by atoms with Gasteiger partial charge >= 0.3 is 0 Å². The van der Waals surface area contributed by atoms with E-state index in [0.29, 0.717) is 6.54 Å². The molecular weight excluding hydrogens is 244 g/mol. The lowest BCUT2D eigenvalue weighted by atomic mass is 10.3. The van der Waals surface area contributed by atoms with Gasteiger partial charge in [-0.05, 0) is 22.0 Å². The van der Waals surface area contributed by atoms with Crippen molar-refractivity contribution in [2.24, 2.45) is 5.73 Å². The Labute approximate surface area is 90.6 Å². The van der Waals surface area contributed by atoms with Gasteiger partial charge < -0.3 is 11.1 Å². The number of nitriles is 1. The minimum Gasteiger partial charge on any atom is -0.389 e. The maximum absolute atomic E-state index is 8.38. The quantitative estimate of drug-likeness (QED) is 0.628. The first-order chi connectivity index (χ1) is 6.74. The van der Waals surface area contributed by atoms with E-state index in [2.05, 4.69) is 26.2 Å². The number of allylic oxidation sites excluding steroid dienone is 1. The molecule has 1 heterocycles. The Kier molecular flexibility index (Phi) is 3.95. The lowest BCUT2D eigenvalue weighted by Gasteiger charge is -2.02. The molecule has 0 unspecified atom stereocenters. The summed E-state index contributed by atoms with van der Waals surface area (Å²) in [5.74, 6) is 0. The van der Waals surface area contributed by atoms with Gasteiger partial charge in [0, 0.05) is 24.5 Å². The average molecular weight is 253 g/mol. The van der Waals surface area contributed by atoms with Crippen LogP contribution in [0.25, 0.3) is 0 Å². The van der Waals surface area contributed by atoms with Crippen LogP contribution in [0.4, 0.5) is 0 Å². The van der Waals surface area contributed by atoms with Crippen molar-refractivity contribution in [3.8, 4) is 6.07 Å². The summed E-state index contributed by atoms with van der Waals surface area (Å²) in [7, 11) is 0. The van der Waals surface area contributed by atoms with Crippen molar-refractivity contribution < 1.29 is 0 Å². The lowest BCUT2D eigenvalue weighted by molar-refractivity contribution is 0.850. The second-order valence-corrected chi connectivity index (χ2v) is 3.30. The number of nitrogens with two attached hydrogens (primary N) is 1. The molecule has 1 rings (SSSR count). The first kappa shape index (κ1) is 10.5. The molecule has 0 fully saturated rings. The topological polar surface area (TPSA) is 74.7 Å². The van der Waals surface area contributed by atoms with Gasteiger partial charge in [0.1, 0.15) is 16.4 Å². The van der Waals surface area contributed by atoms with E-state index >= 15 is 0 Å². The Morgan fingerprint density at radius 3 is 3.21 bits per heavy atom. The number of halogens is 1. The van der Waals surface area contributed by atoms with Gasteiger partial charge in [-0.15, -0.1) is 0 Å². The Balaban J connectivity index is 2.56. The first-order valence-electron chi connectivity index (χ1n) is 3.92. The van der Waals surface area contributed by atoms with E-state index in [9.17, 15) is 0 Å². The predicted octanol–water partition coefficient (Wildman–Crippen LogP) is 1.26. The predicted molar refractivity (Wildman–Crippen MR) is 56.7 cm³/mol. The summed E-state index contributed by atoms with van der Waals surface area (Å²) in [6.07, 6.45) is 3.17. The summed E-state index contributed by atoms with van der Waals surface area (Å²) >= 11 is 3.31. The fourth-order valence-electron chi connectivity index (χ4n) is 0.854. The van der Waals surface area contributed by atoms with Crippen molar-refractivity contribution in [3.05, 3.63) is 40.4 Å². The maximum Gasteiger partial charge on any atom is 0.126 e. The van der Waals surface area contributed by atoms with Crippen molar-refractivity contribution in [2.75, 3.05) is 0 Å². The second-order valence-electron chi connectivity index (χ2n) is 2.55. The van der Waals surface area contributed by atoms with Gasteiger partial charge in [-0.1, -0.05) is 6.07 Å². The van der Waals surface area contributed by atoms with Crippen LogP contribution in [-0.4, -0.2) is 4.98 Å². The van der Waals surface area contributed by atoms with Gasteiger partial charge in [0.15, 0.2) is 0 Å². The van der Waals surface area contributed by atoms with Crippen molar-refractivity contribution in [3.63, 3.8) is 0 Å². The third kappa shape index (κ3) is 3.07. The molecule has 1 aromatic heterocycles. The molecule has 72 valence electrons. The third-order valence-corrected chi connectivity index (χ3v) is 2.23. The molecule has 4 nitrogen and oxygen atoms in total. The Hall–Kier alpha value is -1.54. The highest BCUT2D eigenvalue weighted by atomic mass is 79.9. The van der Waals surface area contributed by atoms with Crippen LogP contribution in [0.3, 0.4) is 0 Å². The summed E-state index contributed by atoms with van der Waals surface area (Å²) in [5, 5.41) is 11.3. The number of hydrogen-bond donors (Lipinski definition) is 2. The number of nitrogens with zero attached hydrogens (tertiary/aromatic N) is 2. The fraction of sp³-hybridized carbons (Fsp3) is 0.111. The molecule has 0 spiro atoms. The van der Waals surface area contributed by atoms with E-state index in [1.165, 1.54) is 6.20 Å². The zero-order valence-corrected chi connectivity index (χ0v) is 8.95. The number of nitrogens with one attached hydrogen (secondary N) is 1. The number of pyridine rings is 1. The van der Waals surface area contributed by atoms with Crippen LogP contribution in [-0.2, 0) is 6.54 Å². The number of hydrogen-bond acceptors (Lipinski definition) is 4. The van der Waals surface area contributed by atoms with Crippen molar-refractivity contribution >= 4 is 15.9 Å². The van der Waals surface area contributed by atoms with E-state index in [1.807, 2.05) is 18.2 Å². The molecule has 0 saturated heterocycles. The highest BCUT2D eigenvalue weighted by Gasteiger charge is 1.97. The molecule has 1 aromatic rings. The molecule has 0 amide bonds. The van der Waals surface area contributed by atoms with E-state index in [0.717, 1.165) is 10.2 Å². The minimum atomic E-state index is 0.157. The molecule has 5 heteroatoms. The van der Waals surface area contributed by atoms with Gasteiger partial charge in [-0.25, -0.2) is 4.98 Å². The molecule has 0 aliphatic rings. The standard InChI is InChI=1S/C9H9BrN4/c10-9-7(2-1-3-14-9)5-13-6-8(12)4-11/h1-3,6,13H,5,12H2/b8-6-. The van der Waals surface area contributed by atoms with E-state index < -0.39 is 0 Å². The smallest absolute Gasteiger partial charge is 0.126 e. The molecule has 0 saturated carbocycles. The molecule has 0 atom stereocenters. The normalized spacial score (nSPS) is 10.7. The first-order valence-corrected chi connectivity index (χ1v) is 4.72. The Morgan fingerprint density at radius 2 is 2.57 bits per heavy atom. The van der Waals surface area contributed by atoms with Crippen LogP contribution in [0.1, 0.15) is 5.56 Å². The molecule has 0 aromatic carbocycles. The van der Waals surface area contributed by atoms with Crippen LogP contribution in [0.5, 0.6) is 0 Å². The van der Waals surface area contributed by atoms with Crippen molar-refractivity contribution in [2.45, 2.75) is 6.54 Å². The van der Waals surface area contributed by atoms with Crippen LogP contribution in [0.15, 0.2) is 34.8 Å². The van der Waals surface area contributed by atoms with Gasteiger partial charge in [0.25, 0.3) is 0 Å². The molecule has 0 aliphatic heterocycles. The zero-order valence-electron chi connectivity index (χ0n) is 7.37. The molecular formula is C9H9BrN4. The highest BCUT2D eigenvalue weighted by Crippen LogP contribution is 2.11. The number of rotatable bonds is 3. The second kappa shape index (κ2) is 5.25. The average Bonchev–Trinajstić information content (AvgIpc) is 2.20. The van der Waals surface area contributed by atoms with Crippen LogP contribution >= 0.6 is 15.9 Å². The Bertz CT molecular complexity index is 381. The molecule has 0 bridgehead atoms. The molecule has 0 aliphatic carbocycles. The lowest BCUT2D eigenvalue weighted by Crippen LogP contribution is -2.09. The monoisotopic (exact) mass is 252 g/mol. The van der Waals surface area contributed by atoms with Gasteiger partial charge in [-0.2, -0.15) is 5.26 Å². The van der Waals surface area contributed by atoms with Crippen molar-refractivity contribution in [1.29, 1.82) is 5.26 Å². The third-order valence-electron chi connectivity index (χ3n) is 1.52. The SMILES string of the molecule is N#C/C(N)=C/NCc1cccnc1Br. The summed E-state index contributed by atoms with van der Waals surface area (Å²) in [6, 6.07) is 5.59. The van der Waals surface area contributed by atoms with Gasteiger partial charge in [0.2, 0.25) is 0 Å². The van der Waals surface area contributed by atoms with Crippen LogP contribution in [0.2, 0.25) is 0 Å².